The first-order chi connectivity index (χ1) is 10.4. The lowest BCUT2D eigenvalue weighted by atomic mass is 10.0. The van der Waals surface area contributed by atoms with Crippen molar-refractivity contribution in [3.8, 4) is 0 Å². The van der Waals surface area contributed by atoms with Gasteiger partial charge >= 0.3 is 0 Å². The summed E-state index contributed by atoms with van der Waals surface area (Å²) in [5.41, 5.74) is 5.83. The van der Waals surface area contributed by atoms with Crippen molar-refractivity contribution in [2.45, 2.75) is 32.6 Å². The first-order valence-electron chi connectivity index (χ1n) is 7.79. The molecule has 0 fully saturated rings. The summed E-state index contributed by atoms with van der Waals surface area (Å²) in [5.74, 6) is 0. The molecule has 0 radical (unpaired) electrons. The summed E-state index contributed by atoms with van der Waals surface area (Å²) in [6.07, 6.45) is 0. The first kappa shape index (κ1) is 14.3. The molecule has 0 aromatic heterocycles. The molecule has 0 saturated heterocycles. The summed E-state index contributed by atoms with van der Waals surface area (Å²) in [6, 6.07) is 16.1. The van der Waals surface area contributed by atoms with Crippen LogP contribution in [0.15, 0.2) is 46.9 Å². The van der Waals surface area contributed by atoms with Gasteiger partial charge in [-0.25, -0.2) is 0 Å². The van der Waals surface area contributed by atoms with Crippen LogP contribution in [0.5, 0.6) is 0 Å². The van der Waals surface area contributed by atoms with E-state index in [1.807, 2.05) is 0 Å². The van der Waals surface area contributed by atoms with E-state index >= 15 is 0 Å². The number of nitrogens with zero attached hydrogens (tertiary/aromatic N) is 1. The molecule has 1 aliphatic carbocycles. The second-order valence-corrected chi connectivity index (χ2v) is 13.0. The Bertz CT molecular complexity index is 908. The molecule has 1 atom stereocenters. The molecule has 3 heteroatoms. The molecule has 0 saturated carbocycles. The number of rotatable bonds is 1. The summed E-state index contributed by atoms with van der Waals surface area (Å²) < 4.78 is 3.89. The van der Waals surface area contributed by atoms with Gasteiger partial charge in [-0.1, -0.05) is 59.8 Å². The Balaban J connectivity index is 2.15. The minimum atomic E-state index is -1.48. The van der Waals surface area contributed by atoms with Gasteiger partial charge in [0.1, 0.15) is 8.24 Å². The van der Waals surface area contributed by atoms with Crippen molar-refractivity contribution in [3.05, 3.63) is 62.9 Å². The topological polar surface area (TPSA) is 3.24 Å². The van der Waals surface area contributed by atoms with Gasteiger partial charge in [-0.05, 0) is 46.7 Å². The van der Waals surface area contributed by atoms with E-state index in [0.717, 1.165) is 4.47 Å². The van der Waals surface area contributed by atoms with Gasteiger partial charge in [-0.3, -0.25) is 0 Å². The molecule has 112 valence electrons. The number of hydrogen-bond acceptors (Lipinski definition) is 1. The summed E-state index contributed by atoms with van der Waals surface area (Å²) in [4.78, 5) is 0. The average Bonchev–Trinajstić information content (AvgIpc) is 2.93. The first-order valence-corrected chi connectivity index (χ1v) is 12.0. The van der Waals surface area contributed by atoms with Crippen LogP contribution in [-0.4, -0.2) is 14.3 Å². The van der Waals surface area contributed by atoms with Crippen LogP contribution in [0, 0.1) is 0 Å². The molecule has 1 nitrogen and oxygen atoms in total. The monoisotopic (exact) mass is 369 g/mol. The van der Waals surface area contributed by atoms with Gasteiger partial charge in [0.15, 0.2) is 0 Å². The predicted octanol–water partition coefficient (Wildman–Crippen LogP) is 3.86. The van der Waals surface area contributed by atoms with Crippen LogP contribution in [0.4, 0.5) is 5.69 Å². The van der Waals surface area contributed by atoms with Crippen LogP contribution < -0.4 is 15.0 Å². The van der Waals surface area contributed by atoms with Gasteiger partial charge in [-0.2, -0.15) is 0 Å². The molecule has 0 bridgehead atoms. The summed E-state index contributed by atoms with van der Waals surface area (Å²) in [5, 5.41) is 2.85. The van der Waals surface area contributed by atoms with E-state index in [0.29, 0.717) is 6.04 Å². The van der Waals surface area contributed by atoms with Gasteiger partial charge in [0, 0.05) is 15.7 Å². The molecule has 1 unspecified atom stereocenters. The van der Waals surface area contributed by atoms with Gasteiger partial charge in [0.2, 0.25) is 0 Å². The Kier molecular flexibility index (Phi) is 2.98. The van der Waals surface area contributed by atoms with E-state index in [4.69, 9.17) is 0 Å². The standard InChI is InChI=1S/C19H20BrNSi/c1-12-14-7-5-6-8-15(14)18-16-11-13(20)9-10-17(16)21(19(12)18)22(2,3)4/h5-11,19H,1-4H3. The highest BCUT2D eigenvalue weighted by Crippen LogP contribution is 2.46. The van der Waals surface area contributed by atoms with Crippen LogP contribution in [0.2, 0.25) is 19.6 Å². The molecule has 0 amide bonds. The molecule has 22 heavy (non-hydrogen) atoms. The molecular weight excluding hydrogens is 350 g/mol. The average molecular weight is 370 g/mol. The van der Waals surface area contributed by atoms with Crippen LogP contribution in [0.25, 0.3) is 11.1 Å². The third kappa shape index (κ3) is 1.82. The maximum absolute atomic E-state index is 3.66. The predicted molar refractivity (Wildman–Crippen MR) is 101 cm³/mol. The third-order valence-electron chi connectivity index (χ3n) is 4.81. The highest BCUT2D eigenvalue weighted by atomic mass is 79.9. The fourth-order valence-electron chi connectivity index (χ4n) is 4.01. The van der Waals surface area contributed by atoms with E-state index in [9.17, 15) is 0 Å². The van der Waals surface area contributed by atoms with Crippen LogP contribution in [-0.2, 0) is 0 Å². The Labute approximate surface area is 141 Å². The van der Waals surface area contributed by atoms with Crippen LogP contribution in [0.1, 0.15) is 12.5 Å². The summed E-state index contributed by atoms with van der Waals surface area (Å²) in [6.45, 7) is 9.64. The second-order valence-electron chi connectivity index (χ2n) is 7.25. The van der Waals surface area contributed by atoms with Crippen LogP contribution in [0.3, 0.4) is 0 Å². The molecule has 0 spiro atoms. The molecule has 2 aromatic carbocycles. The van der Waals surface area contributed by atoms with Crippen molar-refractivity contribution in [3.63, 3.8) is 0 Å². The van der Waals surface area contributed by atoms with Crippen molar-refractivity contribution < 1.29 is 0 Å². The smallest absolute Gasteiger partial charge is 0.148 e. The summed E-state index contributed by atoms with van der Waals surface area (Å²) in [7, 11) is -1.48. The van der Waals surface area contributed by atoms with E-state index in [1.165, 1.54) is 32.8 Å². The van der Waals surface area contributed by atoms with Crippen molar-refractivity contribution in [1.82, 2.24) is 0 Å². The van der Waals surface area contributed by atoms with Crippen molar-refractivity contribution in [1.29, 1.82) is 0 Å². The molecule has 1 aliphatic heterocycles. The molecule has 1 heterocycles. The van der Waals surface area contributed by atoms with Gasteiger partial charge in [0.05, 0.1) is 6.04 Å². The molecular formula is C19H20BrNSi. The Morgan fingerprint density at radius 3 is 2.36 bits per heavy atom. The number of anilines is 1. The molecule has 2 aliphatic rings. The van der Waals surface area contributed by atoms with E-state index in [-0.39, 0.29) is 0 Å². The van der Waals surface area contributed by atoms with Crippen LogP contribution >= 0.6 is 15.9 Å². The molecule has 0 N–H and O–H groups in total. The van der Waals surface area contributed by atoms with Crippen molar-refractivity contribution in [2.75, 3.05) is 4.57 Å². The maximum Gasteiger partial charge on any atom is 0.148 e. The number of hydrogen-bond donors (Lipinski definition) is 0. The SMILES string of the molecule is CC1=c2ccccc2=C2c3cc(Br)ccc3N([Si](C)(C)C)C12. The summed E-state index contributed by atoms with van der Waals surface area (Å²) >= 11 is 3.66. The Morgan fingerprint density at radius 2 is 1.68 bits per heavy atom. The minimum Gasteiger partial charge on any atom is -0.387 e. The zero-order valence-electron chi connectivity index (χ0n) is 13.4. The normalized spacial score (nSPS) is 19.3. The molecule has 4 rings (SSSR count). The zero-order valence-corrected chi connectivity index (χ0v) is 16.0. The highest BCUT2D eigenvalue weighted by molar-refractivity contribution is 9.10. The molecule has 2 aromatic rings. The van der Waals surface area contributed by atoms with Gasteiger partial charge in [-0.15, -0.1) is 0 Å². The zero-order chi connectivity index (χ0) is 15.6. The van der Waals surface area contributed by atoms with E-state index < -0.39 is 8.24 Å². The largest absolute Gasteiger partial charge is 0.387 e. The van der Waals surface area contributed by atoms with Gasteiger partial charge in [0.25, 0.3) is 0 Å². The lowest BCUT2D eigenvalue weighted by molar-refractivity contribution is 1.04. The van der Waals surface area contributed by atoms with Crippen molar-refractivity contribution >= 4 is 41.0 Å². The Morgan fingerprint density at radius 1 is 1.00 bits per heavy atom. The van der Waals surface area contributed by atoms with Gasteiger partial charge < -0.3 is 4.57 Å². The van der Waals surface area contributed by atoms with E-state index in [1.54, 1.807) is 0 Å². The van der Waals surface area contributed by atoms with Crippen molar-refractivity contribution in [2.24, 2.45) is 0 Å². The second kappa shape index (κ2) is 4.59. The number of fused-ring (bicyclic) bond motifs is 4. The highest BCUT2D eigenvalue weighted by Gasteiger charge is 2.43. The lowest BCUT2D eigenvalue weighted by Crippen LogP contribution is -2.50. The van der Waals surface area contributed by atoms with E-state index in [2.05, 4.69) is 89.5 Å². The number of halogens is 1. The quantitative estimate of drug-likeness (QED) is 0.689. The third-order valence-corrected chi connectivity index (χ3v) is 7.25. The maximum atomic E-state index is 3.66. The Hall–Kier alpha value is -1.32. The fourth-order valence-corrected chi connectivity index (χ4v) is 6.39. The lowest BCUT2D eigenvalue weighted by Gasteiger charge is -2.38. The minimum absolute atomic E-state index is 0.424. The fraction of sp³-hybridized carbons (Fsp3) is 0.263. The number of benzene rings is 2.